The summed E-state index contributed by atoms with van der Waals surface area (Å²) in [5.41, 5.74) is 2.06. The second-order valence-corrected chi connectivity index (χ2v) is 7.77. The van der Waals surface area contributed by atoms with Crippen LogP contribution in [-0.4, -0.2) is 15.6 Å². The molecule has 0 amide bonds. The van der Waals surface area contributed by atoms with Crippen molar-refractivity contribution in [3.63, 3.8) is 0 Å². The highest BCUT2D eigenvalue weighted by Gasteiger charge is 2.18. The molecule has 168 valence electrons. The fourth-order valence-electron chi connectivity index (χ4n) is 3.53. The summed E-state index contributed by atoms with van der Waals surface area (Å²) in [6.07, 6.45) is 0. The van der Waals surface area contributed by atoms with Crippen molar-refractivity contribution in [1.82, 2.24) is 4.57 Å². The summed E-state index contributed by atoms with van der Waals surface area (Å²) in [6, 6.07) is 15.5. The van der Waals surface area contributed by atoms with Gasteiger partial charge in [-0.25, -0.2) is 18.0 Å². The Morgan fingerprint density at radius 2 is 1.76 bits per heavy atom. The van der Waals surface area contributed by atoms with Crippen LogP contribution in [-0.2, 0) is 6.61 Å². The van der Waals surface area contributed by atoms with Gasteiger partial charge in [-0.05, 0) is 67.6 Å². The van der Waals surface area contributed by atoms with Crippen LogP contribution in [0.15, 0.2) is 66.7 Å². The first kappa shape index (κ1) is 22.5. The van der Waals surface area contributed by atoms with Crippen LogP contribution in [0.25, 0.3) is 16.9 Å². The molecule has 4 aromatic rings. The molecule has 4 rings (SSSR count). The minimum absolute atomic E-state index is 0.153. The van der Waals surface area contributed by atoms with Gasteiger partial charge < -0.3 is 14.4 Å². The van der Waals surface area contributed by atoms with Gasteiger partial charge in [-0.2, -0.15) is 0 Å². The lowest BCUT2D eigenvalue weighted by atomic mass is 10.1. The van der Waals surface area contributed by atoms with E-state index in [0.29, 0.717) is 27.7 Å². The fourth-order valence-corrected chi connectivity index (χ4v) is 3.70. The summed E-state index contributed by atoms with van der Waals surface area (Å²) >= 11 is 6.23. The van der Waals surface area contributed by atoms with Crippen LogP contribution in [0.1, 0.15) is 21.6 Å². The van der Waals surface area contributed by atoms with E-state index in [2.05, 4.69) is 0 Å². The number of rotatable bonds is 6. The van der Waals surface area contributed by atoms with Gasteiger partial charge in [0.25, 0.3) is 0 Å². The molecule has 0 aliphatic carbocycles. The van der Waals surface area contributed by atoms with Crippen LogP contribution < -0.4 is 4.74 Å². The molecule has 0 saturated heterocycles. The third-order valence-corrected chi connectivity index (χ3v) is 5.37. The van der Waals surface area contributed by atoms with E-state index in [0.717, 1.165) is 23.9 Å². The number of carboxylic acid groups (broad SMARTS) is 1. The number of nitrogens with zero attached hydrogens (tertiary/aromatic N) is 1. The number of hydrogen-bond donors (Lipinski definition) is 1. The minimum atomic E-state index is -1.38. The molecule has 1 aromatic heterocycles. The molecule has 0 bridgehead atoms. The molecule has 0 saturated carbocycles. The maximum absolute atomic E-state index is 14.0. The van der Waals surface area contributed by atoms with Crippen molar-refractivity contribution in [3.05, 3.63) is 106 Å². The highest BCUT2D eigenvalue weighted by molar-refractivity contribution is 6.31. The molecule has 3 aromatic carbocycles. The molecule has 0 aliphatic heterocycles. The predicted octanol–water partition coefficient (Wildman–Crippen LogP) is 6.80. The highest BCUT2D eigenvalue weighted by Crippen LogP contribution is 2.36. The molecule has 1 heterocycles. The molecule has 0 fully saturated rings. The number of aryl methyl sites for hydroxylation is 1. The van der Waals surface area contributed by atoms with Crippen LogP contribution in [0, 0.1) is 24.4 Å². The number of hydrogen-bond acceptors (Lipinski definition) is 2. The molecule has 0 atom stereocenters. The topological polar surface area (TPSA) is 51.5 Å². The maximum atomic E-state index is 14.0. The Balaban J connectivity index is 1.77. The molecular weight excluding hydrogens is 455 g/mol. The lowest BCUT2D eigenvalue weighted by molar-refractivity contribution is 0.0692. The molecule has 8 heteroatoms. The Morgan fingerprint density at radius 1 is 0.970 bits per heavy atom. The average molecular weight is 472 g/mol. The van der Waals surface area contributed by atoms with E-state index in [-0.39, 0.29) is 12.2 Å². The van der Waals surface area contributed by atoms with Crippen molar-refractivity contribution in [2.24, 2.45) is 0 Å². The number of aromatic carboxylic acids is 1. The molecule has 0 spiro atoms. The van der Waals surface area contributed by atoms with E-state index < -0.39 is 29.0 Å². The summed E-state index contributed by atoms with van der Waals surface area (Å²) in [6.45, 7) is 1.66. The van der Waals surface area contributed by atoms with Crippen molar-refractivity contribution >= 4 is 17.6 Å². The Hall–Kier alpha value is -3.71. The maximum Gasteiger partial charge on any atom is 0.338 e. The van der Waals surface area contributed by atoms with E-state index in [1.807, 2.05) is 13.0 Å². The van der Waals surface area contributed by atoms with Crippen LogP contribution >= 0.6 is 11.6 Å². The van der Waals surface area contributed by atoms with Gasteiger partial charge in [-0.15, -0.1) is 0 Å². The van der Waals surface area contributed by atoms with E-state index in [1.54, 1.807) is 28.8 Å². The van der Waals surface area contributed by atoms with Crippen LogP contribution in [0.3, 0.4) is 0 Å². The Morgan fingerprint density at radius 3 is 2.48 bits per heavy atom. The monoisotopic (exact) mass is 471 g/mol. The summed E-state index contributed by atoms with van der Waals surface area (Å²) in [5, 5.41) is 9.72. The Kier molecular flexibility index (Phi) is 6.16. The van der Waals surface area contributed by atoms with Crippen molar-refractivity contribution in [2.75, 3.05) is 0 Å². The smallest absolute Gasteiger partial charge is 0.338 e. The second kappa shape index (κ2) is 9.03. The van der Waals surface area contributed by atoms with Gasteiger partial charge in [0.05, 0.1) is 11.3 Å². The third-order valence-electron chi connectivity index (χ3n) is 5.13. The van der Waals surface area contributed by atoms with E-state index in [4.69, 9.17) is 16.3 Å². The summed E-state index contributed by atoms with van der Waals surface area (Å²) < 4.78 is 48.8. The van der Waals surface area contributed by atoms with Gasteiger partial charge in [0.15, 0.2) is 0 Å². The van der Waals surface area contributed by atoms with Crippen molar-refractivity contribution in [3.8, 4) is 22.7 Å². The molecule has 0 aliphatic rings. The number of benzene rings is 3. The first-order chi connectivity index (χ1) is 15.7. The average Bonchev–Trinajstić information content (AvgIpc) is 3.15. The van der Waals surface area contributed by atoms with Gasteiger partial charge in [0.2, 0.25) is 0 Å². The van der Waals surface area contributed by atoms with Gasteiger partial charge >= 0.3 is 5.97 Å². The van der Waals surface area contributed by atoms with Crippen LogP contribution in [0.4, 0.5) is 13.2 Å². The zero-order valence-corrected chi connectivity index (χ0v) is 18.0. The predicted molar refractivity (Wildman–Crippen MR) is 119 cm³/mol. The van der Waals surface area contributed by atoms with Crippen LogP contribution in [0.2, 0.25) is 5.02 Å². The van der Waals surface area contributed by atoms with Gasteiger partial charge in [0, 0.05) is 33.6 Å². The number of carboxylic acids is 1. The molecule has 0 unspecified atom stereocenters. The third kappa shape index (κ3) is 4.59. The Bertz CT molecular complexity index is 1370. The number of carbonyl (C=O) groups is 1. The molecule has 0 radical (unpaired) electrons. The van der Waals surface area contributed by atoms with Crippen molar-refractivity contribution in [2.45, 2.75) is 13.5 Å². The van der Waals surface area contributed by atoms with Crippen molar-refractivity contribution < 1.29 is 27.8 Å². The first-order valence-electron chi connectivity index (χ1n) is 9.83. The highest BCUT2D eigenvalue weighted by atomic mass is 35.5. The lowest BCUT2D eigenvalue weighted by Crippen LogP contribution is -2.06. The molecule has 1 N–H and O–H groups in total. The van der Waals surface area contributed by atoms with Crippen LogP contribution in [0.5, 0.6) is 5.75 Å². The normalized spacial score (nSPS) is 10.9. The van der Waals surface area contributed by atoms with E-state index in [1.165, 1.54) is 18.2 Å². The first-order valence-corrected chi connectivity index (χ1v) is 10.2. The molecule has 4 nitrogen and oxygen atoms in total. The SMILES string of the molecule is Cc1ccc(-c2cc(Cl)ccc2OCc2ccc(F)cc2F)n1-c1ccc(F)c(C(=O)O)c1. The quantitative estimate of drug-likeness (QED) is 0.336. The fraction of sp³-hybridized carbons (Fsp3) is 0.0800. The minimum Gasteiger partial charge on any atom is -0.488 e. The largest absolute Gasteiger partial charge is 0.488 e. The summed E-state index contributed by atoms with van der Waals surface area (Å²) in [7, 11) is 0. The number of ether oxygens (including phenoxy) is 1. The zero-order chi connectivity index (χ0) is 23.7. The second-order valence-electron chi connectivity index (χ2n) is 7.33. The Labute approximate surface area is 192 Å². The number of aromatic nitrogens is 1. The zero-order valence-electron chi connectivity index (χ0n) is 17.3. The standard InChI is InChI=1S/C25H17ClF3NO3/c1-14-2-8-23(30(14)18-6-7-21(28)19(12-18)25(31)32)20-10-16(26)4-9-24(20)33-13-15-3-5-17(27)11-22(15)29/h2-12H,13H2,1H3,(H,31,32). The summed E-state index contributed by atoms with van der Waals surface area (Å²) in [4.78, 5) is 11.4. The van der Waals surface area contributed by atoms with Gasteiger partial charge in [-0.3, -0.25) is 0 Å². The van der Waals surface area contributed by atoms with Gasteiger partial charge in [0.1, 0.15) is 29.8 Å². The van der Waals surface area contributed by atoms with Gasteiger partial charge in [-0.1, -0.05) is 11.6 Å². The van der Waals surface area contributed by atoms with E-state index in [9.17, 15) is 23.1 Å². The summed E-state index contributed by atoms with van der Waals surface area (Å²) in [5.74, 6) is -3.25. The van der Waals surface area contributed by atoms with Crippen molar-refractivity contribution in [1.29, 1.82) is 0 Å². The number of halogens is 4. The molecule has 33 heavy (non-hydrogen) atoms. The van der Waals surface area contributed by atoms with E-state index >= 15 is 0 Å². The molecular formula is C25H17ClF3NO3. The lowest BCUT2D eigenvalue weighted by Gasteiger charge is -2.17.